The molecule has 1 aromatic carbocycles. The normalized spacial score (nSPS) is 14.5. The zero-order valence-corrected chi connectivity index (χ0v) is 15.8. The van der Waals surface area contributed by atoms with Gasteiger partial charge in [0.2, 0.25) is 0 Å². The first-order valence-electron chi connectivity index (χ1n) is 8.05. The Hall–Kier alpha value is -1.66. The van der Waals surface area contributed by atoms with Crippen molar-refractivity contribution in [2.45, 2.75) is 38.0 Å². The summed E-state index contributed by atoms with van der Waals surface area (Å²) in [5.74, 6) is 0.0101. The lowest BCUT2D eigenvalue weighted by Gasteiger charge is -2.29. The smallest absolute Gasteiger partial charge is 0.268 e. The molecule has 6 heteroatoms. The molecular weight excluding hydrogens is 342 g/mol. The quantitative estimate of drug-likeness (QED) is 0.837. The maximum absolute atomic E-state index is 12.9. The van der Waals surface area contributed by atoms with Crippen LogP contribution in [-0.4, -0.2) is 27.1 Å². The van der Waals surface area contributed by atoms with Gasteiger partial charge in [0.1, 0.15) is 0 Å². The van der Waals surface area contributed by atoms with Gasteiger partial charge in [0.25, 0.3) is 5.91 Å². The van der Waals surface area contributed by atoms with Gasteiger partial charge in [-0.1, -0.05) is 6.92 Å². The summed E-state index contributed by atoms with van der Waals surface area (Å²) in [7, 11) is -3.23. The van der Waals surface area contributed by atoms with Gasteiger partial charge in [0.15, 0.2) is 9.84 Å². The maximum Gasteiger partial charge on any atom is 0.268 e. The Morgan fingerprint density at radius 2 is 2.04 bits per heavy atom. The number of hydrogen-bond donors (Lipinski definition) is 0. The molecule has 0 bridgehead atoms. The van der Waals surface area contributed by atoms with Crippen molar-refractivity contribution in [3.05, 3.63) is 45.1 Å². The van der Waals surface area contributed by atoms with Gasteiger partial charge in [-0.15, -0.1) is 11.3 Å². The van der Waals surface area contributed by atoms with Gasteiger partial charge in [0.05, 0.1) is 9.77 Å². The van der Waals surface area contributed by atoms with Crippen LogP contribution in [-0.2, 0) is 22.7 Å². The molecule has 128 valence electrons. The van der Waals surface area contributed by atoms with Gasteiger partial charge in [0, 0.05) is 23.4 Å². The number of carbonyl (C=O) groups excluding carboxylic acids is 1. The van der Waals surface area contributed by atoms with E-state index in [2.05, 4.69) is 6.92 Å². The van der Waals surface area contributed by atoms with E-state index in [0.717, 1.165) is 35.4 Å². The van der Waals surface area contributed by atoms with Crippen molar-refractivity contribution in [1.29, 1.82) is 0 Å². The maximum atomic E-state index is 12.9. The van der Waals surface area contributed by atoms with Gasteiger partial charge < -0.3 is 4.90 Å². The van der Waals surface area contributed by atoms with Crippen LogP contribution in [0.25, 0.3) is 0 Å². The molecule has 2 heterocycles. The molecule has 24 heavy (non-hydrogen) atoms. The number of hydrogen-bond acceptors (Lipinski definition) is 4. The van der Waals surface area contributed by atoms with Crippen LogP contribution < -0.4 is 4.90 Å². The second kappa shape index (κ2) is 6.33. The van der Waals surface area contributed by atoms with E-state index in [-0.39, 0.29) is 5.91 Å². The minimum absolute atomic E-state index is 0.0101. The third-order valence-electron chi connectivity index (χ3n) is 4.46. The fraction of sp³-hybridized carbons (Fsp3) is 0.389. The van der Waals surface area contributed by atoms with Gasteiger partial charge in [-0.2, -0.15) is 0 Å². The van der Waals surface area contributed by atoms with Crippen molar-refractivity contribution < 1.29 is 13.2 Å². The van der Waals surface area contributed by atoms with Gasteiger partial charge in [-0.25, -0.2) is 8.42 Å². The summed E-state index contributed by atoms with van der Waals surface area (Å²) in [5, 5.41) is 0. The molecule has 0 unspecified atom stereocenters. The Labute approximate surface area is 147 Å². The van der Waals surface area contributed by atoms with Crippen LogP contribution in [0, 0.1) is 6.92 Å². The molecule has 3 rings (SSSR count). The van der Waals surface area contributed by atoms with Gasteiger partial charge in [-0.05, 0) is 61.6 Å². The number of anilines is 1. The number of rotatable bonds is 3. The summed E-state index contributed by atoms with van der Waals surface area (Å²) in [6, 6.07) is 7.06. The van der Waals surface area contributed by atoms with E-state index in [1.54, 1.807) is 23.1 Å². The molecule has 1 aliphatic heterocycles. The number of sulfone groups is 1. The first kappa shape index (κ1) is 17.2. The Bertz CT molecular complexity index is 897. The zero-order chi connectivity index (χ0) is 17.5. The van der Waals surface area contributed by atoms with Crippen LogP contribution in [0.4, 0.5) is 5.69 Å². The predicted octanol–water partition coefficient (Wildman–Crippen LogP) is 3.62. The monoisotopic (exact) mass is 363 g/mol. The van der Waals surface area contributed by atoms with Crippen molar-refractivity contribution in [2.24, 2.45) is 0 Å². The molecular formula is C18H21NO3S2. The molecule has 0 saturated carbocycles. The van der Waals surface area contributed by atoms with E-state index < -0.39 is 9.84 Å². The fourth-order valence-corrected chi connectivity index (χ4v) is 4.86. The van der Waals surface area contributed by atoms with Crippen LogP contribution in [0.3, 0.4) is 0 Å². The SMILES string of the molecule is CCc1cc(C(=O)N2CCCc3cc(S(C)(=O)=O)ccc32)sc1C. The third-order valence-corrected chi connectivity index (χ3v) is 6.65. The largest absolute Gasteiger partial charge is 0.307 e. The number of aryl methyl sites for hydroxylation is 3. The standard InChI is InChI=1S/C18H21NO3S2/c1-4-13-11-17(23-12(13)2)18(20)19-9-5-6-14-10-15(24(3,21)22)7-8-16(14)19/h7-8,10-11H,4-6,9H2,1-3H3. The highest BCUT2D eigenvalue weighted by molar-refractivity contribution is 7.90. The minimum atomic E-state index is -3.23. The van der Waals surface area contributed by atoms with Gasteiger partial charge in [-0.3, -0.25) is 4.79 Å². The van der Waals surface area contributed by atoms with Crippen molar-refractivity contribution >= 4 is 32.8 Å². The highest BCUT2D eigenvalue weighted by Crippen LogP contribution is 2.32. The number of amides is 1. The number of carbonyl (C=O) groups is 1. The third kappa shape index (κ3) is 3.13. The van der Waals surface area contributed by atoms with Crippen LogP contribution in [0.2, 0.25) is 0 Å². The first-order chi connectivity index (χ1) is 11.3. The summed E-state index contributed by atoms with van der Waals surface area (Å²) < 4.78 is 23.5. The second-order valence-electron chi connectivity index (χ2n) is 6.17. The molecule has 0 saturated heterocycles. The van der Waals surface area contributed by atoms with Crippen molar-refractivity contribution in [3.63, 3.8) is 0 Å². The fourth-order valence-electron chi connectivity index (χ4n) is 3.12. The van der Waals surface area contributed by atoms with Crippen molar-refractivity contribution in [1.82, 2.24) is 0 Å². The molecule has 0 atom stereocenters. The van der Waals surface area contributed by atoms with E-state index in [4.69, 9.17) is 0 Å². The summed E-state index contributed by atoms with van der Waals surface area (Å²) in [6.45, 7) is 4.80. The van der Waals surface area contributed by atoms with Crippen molar-refractivity contribution in [3.8, 4) is 0 Å². The molecule has 1 aromatic heterocycles. The molecule has 0 N–H and O–H groups in total. The molecule has 0 spiro atoms. The average molecular weight is 364 g/mol. The Kier molecular flexibility index (Phi) is 4.53. The Balaban J connectivity index is 1.98. The molecule has 1 amide bonds. The number of nitrogens with zero attached hydrogens (tertiary/aromatic N) is 1. The van der Waals surface area contributed by atoms with E-state index >= 15 is 0 Å². The Morgan fingerprint density at radius 3 is 2.67 bits per heavy atom. The lowest BCUT2D eigenvalue weighted by atomic mass is 10.0. The minimum Gasteiger partial charge on any atom is -0.307 e. The number of thiophene rings is 1. The van der Waals surface area contributed by atoms with E-state index in [0.29, 0.717) is 11.4 Å². The summed E-state index contributed by atoms with van der Waals surface area (Å²) in [6.07, 6.45) is 3.77. The van der Waals surface area contributed by atoms with Crippen LogP contribution >= 0.6 is 11.3 Å². The lowest BCUT2D eigenvalue weighted by Crippen LogP contribution is -2.35. The van der Waals surface area contributed by atoms with Crippen LogP contribution in [0.15, 0.2) is 29.2 Å². The molecule has 2 aromatic rings. The van der Waals surface area contributed by atoms with Crippen LogP contribution in [0.5, 0.6) is 0 Å². The number of fused-ring (bicyclic) bond motifs is 1. The molecule has 0 fully saturated rings. The topological polar surface area (TPSA) is 54.5 Å². The summed E-state index contributed by atoms with van der Waals surface area (Å²) >= 11 is 1.54. The lowest BCUT2D eigenvalue weighted by molar-refractivity contribution is 0.0989. The average Bonchev–Trinajstić information content (AvgIpc) is 2.93. The van der Waals surface area contributed by atoms with E-state index in [1.165, 1.54) is 28.0 Å². The number of benzene rings is 1. The first-order valence-corrected chi connectivity index (χ1v) is 10.8. The van der Waals surface area contributed by atoms with Crippen LogP contribution in [0.1, 0.15) is 39.0 Å². The second-order valence-corrected chi connectivity index (χ2v) is 9.44. The Morgan fingerprint density at radius 1 is 1.29 bits per heavy atom. The zero-order valence-electron chi connectivity index (χ0n) is 14.1. The highest BCUT2D eigenvalue weighted by atomic mass is 32.2. The van der Waals surface area contributed by atoms with Crippen molar-refractivity contribution in [2.75, 3.05) is 17.7 Å². The molecule has 4 nitrogen and oxygen atoms in total. The van der Waals surface area contributed by atoms with E-state index in [9.17, 15) is 13.2 Å². The van der Waals surface area contributed by atoms with Gasteiger partial charge >= 0.3 is 0 Å². The summed E-state index contributed by atoms with van der Waals surface area (Å²) in [5.41, 5.74) is 2.98. The predicted molar refractivity (Wildman–Crippen MR) is 98.0 cm³/mol. The molecule has 0 radical (unpaired) electrons. The molecule has 1 aliphatic rings. The molecule has 0 aliphatic carbocycles. The highest BCUT2D eigenvalue weighted by Gasteiger charge is 2.26. The summed E-state index contributed by atoms with van der Waals surface area (Å²) in [4.78, 5) is 17.0. The van der Waals surface area contributed by atoms with E-state index in [1.807, 2.05) is 13.0 Å².